The van der Waals surface area contributed by atoms with Crippen molar-refractivity contribution in [3.8, 4) is 0 Å². The summed E-state index contributed by atoms with van der Waals surface area (Å²) in [6.45, 7) is 1.17. The quantitative estimate of drug-likeness (QED) is 0.350. The molecule has 0 spiro atoms. The van der Waals surface area contributed by atoms with Crippen molar-refractivity contribution in [1.82, 2.24) is 4.98 Å². The number of H-pyrrole nitrogens is 1. The second kappa shape index (κ2) is 12.7. The Labute approximate surface area is 213 Å². The lowest BCUT2D eigenvalue weighted by Gasteiger charge is -2.23. The van der Waals surface area contributed by atoms with Gasteiger partial charge < -0.3 is 28.7 Å². The van der Waals surface area contributed by atoms with Gasteiger partial charge >= 0.3 is 29.8 Å². The van der Waals surface area contributed by atoms with Crippen molar-refractivity contribution < 1.29 is 47.7 Å². The van der Waals surface area contributed by atoms with Gasteiger partial charge in [-0.2, -0.15) is 0 Å². The molecule has 0 aliphatic carbocycles. The monoisotopic (exact) mass is 515 g/mol. The van der Waals surface area contributed by atoms with E-state index in [0.717, 1.165) is 5.56 Å². The fourth-order valence-corrected chi connectivity index (χ4v) is 4.09. The summed E-state index contributed by atoms with van der Waals surface area (Å²) in [5, 5.41) is 0. The van der Waals surface area contributed by atoms with E-state index in [9.17, 15) is 24.0 Å². The Morgan fingerprint density at radius 2 is 1.76 bits per heavy atom. The number of methoxy groups -OCH3 is 2. The Kier molecular flexibility index (Phi) is 9.42. The first-order valence-corrected chi connectivity index (χ1v) is 11.7. The van der Waals surface area contributed by atoms with Gasteiger partial charge in [0.15, 0.2) is 6.10 Å². The molecule has 0 amide bonds. The lowest BCUT2D eigenvalue weighted by Crippen LogP contribution is -2.25. The van der Waals surface area contributed by atoms with Gasteiger partial charge in [-0.25, -0.2) is 4.79 Å². The minimum Gasteiger partial charge on any atom is -0.469 e. The third-order valence-electron chi connectivity index (χ3n) is 5.85. The fourth-order valence-electron chi connectivity index (χ4n) is 4.09. The van der Waals surface area contributed by atoms with Crippen LogP contribution in [0.5, 0.6) is 0 Å². The highest BCUT2D eigenvalue weighted by Gasteiger charge is 2.39. The summed E-state index contributed by atoms with van der Waals surface area (Å²) in [4.78, 5) is 64.2. The number of carbonyl (C=O) groups excluding carboxylic acids is 5. The maximum atomic E-state index is 13.2. The highest BCUT2D eigenvalue weighted by molar-refractivity contribution is 5.91. The van der Waals surface area contributed by atoms with Crippen LogP contribution in [-0.4, -0.2) is 55.2 Å². The molecule has 1 aliphatic heterocycles. The number of carbonyl (C=O) groups is 5. The van der Waals surface area contributed by atoms with Crippen molar-refractivity contribution in [3.05, 3.63) is 58.4 Å². The molecule has 11 heteroatoms. The van der Waals surface area contributed by atoms with Crippen molar-refractivity contribution >= 4 is 29.8 Å². The smallest absolute Gasteiger partial charge is 0.355 e. The van der Waals surface area contributed by atoms with Gasteiger partial charge in [-0.3, -0.25) is 19.2 Å². The SMILES string of the molecule is COC(=O)CCc1c(C(=O)OCc2ccccc2)[nH]c([C@@H](OC(C)=O)[C@H]2CCC(=O)O2)c1CC(=O)OC. The second-order valence-corrected chi connectivity index (χ2v) is 8.36. The number of hydrogen-bond acceptors (Lipinski definition) is 10. The van der Waals surface area contributed by atoms with Gasteiger partial charge in [-0.15, -0.1) is 0 Å². The van der Waals surface area contributed by atoms with Crippen molar-refractivity contribution in [3.63, 3.8) is 0 Å². The van der Waals surface area contributed by atoms with Crippen molar-refractivity contribution in [2.75, 3.05) is 14.2 Å². The molecule has 11 nitrogen and oxygen atoms in total. The van der Waals surface area contributed by atoms with E-state index in [1.807, 2.05) is 6.07 Å². The van der Waals surface area contributed by atoms with Crippen LogP contribution in [0.25, 0.3) is 0 Å². The van der Waals surface area contributed by atoms with Crippen LogP contribution < -0.4 is 0 Å². The number of benzene rings is 1. The Morgan fingerprint density at radius 3 is 2.35 bits per heavy atom. The van der Waals surface area contributed by atoms with Gasteiger partial charge in [-0.1, -0.05) is 30.3 Å². The second-order valence-electron chi connectivity index (χ2n) is 8.36. The number of cyclic esters (lactones) is 1. The number of hydrogen-bond donors (Lipinski definition) is 1. The number of ether oxygens (including phenoxy) is 5. The Morgan fingerprint density at radius 1 is 1.05 bits per heavy atom. The minimum absolute atomic E-state index is 0.0164. The average Bonchev–Trinajstić information content (AvgIpc) is 3.48. The molecule has 0 saturated carbocycles. The van der Waals surface area contributed by atoms with Crippen LogP contribution in [0.2, 0.25) is 0 Å². The van der Waals surface area contributed by atoms with Crippen LogP contribution in [0.15, 0.2) is 30.3 Å². The van der Waals surface area contributed by atoms with Crippen molar-refractivity contribution in [2.24, 2.45) is 0 Å². The number of aromatic nitrogens is 1. The molecule has 1 aromatic heterocycles. The molecular formula is C26H29NO10. The number of aromatic amines is 1. The third kappa shape index (κ3) is 7.18. The molecule has 2 aromatic rings. The van der Waals surface area contributed by atoms with E-state index in [4.69, 9.17) is 23.7 Å². The molecule has 3 rings (SSSR count). The van der Waals surface area contributed by atoms with Crippen LogP contribution in [0.3, 0.4) is 0 Å². The van der Waals surface area contributed by atoms with Gasteiger partial charge in [0, 0.05) is 19.8 Å². The summed E-state index contributed by atoms with van der Waals surface area (Å²) in [7, 11) is 2.45. The zero-order chi connectivity index (χ0) is 26.9. The molecule has 198 valence electrons. The van der Waals surface area contributed by atoms with E-state index in [1.54, 1.807) is 24.3 Å². The standard InChI is InChI=1S/C26H29NO10/c1-15(28)36-25(19-10-12-21(30)37-19)23-18(13-22(31)34-3)17(9-11-20(29)33-2)24(27-23)26(32)35-14-16-7-5-4-6-8-16/h4-8,19,25,27H,9-14H2,1-3H3/t19-,25+/m1/s1. The van der Waals surface area contributed by atoms with Gasteiger partial charge in [0.2, 0.25) is 0 Å². The molecule has 37 heavy (non-hydrogen) atoms. The maximum absolute atomic E-state index is 13.2. The summed E-state index contributed by atoms with van der Waals surface area (Å²) >= 11 is 0. The zero-order valence-corrected chi connectivity index (χ0v) is 20.9. The van der Waals surface area contributed by atoms with E-state index in [1.165, 1.54) is 21.1 Å². The van der Waals surface area contributed by atoms with Crippen LogP contribution in [0.1, 0.15) is 65.2 Å². The van der Waals surface area contributed by atoms with E-state index in [-0.39, 0.29) is 55.7 Å². The Hall–Kier alpha value is -4.15. The van der Waals surface area contributed by atoms with Gasteiger partial charge in [0.05, 0.1) is 26.3 Å². The first-order valence-electron chi connectivity index (χ1n) is 11.7. The predicted octanol–water partition coefficient (Wildman–Crippen LogP) is 2.50. The molecular weight excluding hydrogens is 486 g/mol. The van der Waals surface area contributed by atoms with Crippen molar-refractivity contribution in [1.29, 1.82) is 0 Å². The zero-order valence-electron chi connectivity index (χ0n) is 20.9. The lowest BCUT2D eigenvalue weighted by atomic mass is 9.96. The third-order valence-corrected chi connectivity index (χ3v) is 5.85. The van der Waals surface area contributed by atoms with E-state index in [2.05, 4.69) is 4.98 Å². The number of nitrogens with one attached hydrogen (secondary N) is 1. The van der Waals surface area contributed by atoms with E-state index < -0.39 is 42.1 Å². The van der Waals surface area contributed by atoms with Crippen LogP contribution >= 0.6 is 0 Å². The summed E-state index contributed by atoms with van der Waals surface area (Å²) < 4.78 is 25.9. The molecule has 2 atom stereocenters. The lowest BCUT2D eigenvalue weighted by molar-refractivity contribution is -0.160. The molecule has 0 unspecified atom stereocenters. The molecule has 1 saturated heterocycles. The van der Waals surface area contributed by atoms with Gasteiger partial charge in [0.1, 0.15) is 18.4 Å². The number of esters is 5. The summed E-state index contributed by atoms with van der Waals surface area (Å²) in [5.74, 6) is -3.02. The molecule has 1 N–H and O–H groups in total. The maximum Gasteiger partial charge on any atom is 0.355 e. The highest BCUT2D eigenvalue weighted by atomic mass is 16.6. The van der Waals surface area contributed by atoms with Crippen LogP contribution in [0, 0.1) is 0 Å². The first-order chi connectivity index (χ1) is 17.7. The highest BCUT2D eigenvalue weighted by Crippen LogP contribution is 2.36. The normalized spacial score (nSPS) is 15.4. The van der Waals surface area contributed by atoms with Crippen molar-refractivity contribution in [2.45, 2.75) is 57.8 Å². The molecule has 1 aliphatic rings. The molecule has 0 bridgehead atoms. The van der Waals surface area contributed by atoms with Gasteiger partial charge in [0.25, 0.3) is 0 Å². The average molecular weight is 516 g/mol. The first kappa shape index (κ1) is 27.4. The predicted molar refractivity (Wildman–Crippen MR) is 126 cm³/mol. The molecule has 2 heterocycles. The largest absolute Gasteiger partial charge is 0.469 e. The van der Waals surface area contributed by atoms with E-state index >= 15 is 0 Å². The van der Waals surface area contributed by atoms with E-state index in [0.29, 0.717) is 5.56 Å². The topological polar surface area (TPSA) is 147 Å². The minimum atomic E-state index is -1.13. The summed E-state index contributed by atoms with van der Waals surface area (Å²) in [5.41, 5.74) is 1.52. The van der Waals surface area contributed by atoms with Gasteiger partial charge in [-0.05, 0) is 29.5 Å². The Balaban J connectivity index is 2.07. The molecule has 1 fully saturated rings. The Bertz CT molecular complexity index is 1150. The number of rotatable bonds is 11. The van der Waals surface area contributed by atoms with Crippen LogP contribution in [-0.2, 0) is 62.3 Å². The molecule has 1 aromatic carbocycles. The fraction of sp³-hybridized carbons (Fsp3) is 0.423. The van der Waals surface area contributed by atoms with Crippen LogP contribution in [0.4, 0.5) is 0 Å². The summed E-state index contributed by atoms with van der Waals surface area (Å²) in [6, 6.07) is 9.02. The molecule has 0 radical (unpaired) electrons. The summed E-state index contributed by atoms with van der Waals surface area (Å²) in [6.07, 6.45) is -1.97.